The average molecular weight is 349 g/mol. The van der Waals surface area contributed by atoms with Gasteiger partial charge in [0.25, 0.3) is 0 Å². The molecule has 134 valence electrons. The van der Waals surface area contributed by atoms with Crippen molar-refractivity contribution in [2.24, 2.45) is 0 Å². The molecule has 2 aliphatic heterocycles. The summed E-state index contributed by atoms with van der Waals surface area (Å²) < 4.78 is 6.62. The van der Waals surface area contributed by atoms with Gasteiger partial charge in [0.15, 0.2) is 0 Å². The van der Waals surface area contributed by atoms with Gasteiger partial charge in [-0.05, 0) is 56.7 Å². The van der Waals surface area contributed by atoms with Crippen molar-refractivity contribution in [1.29, 1.82) is 0 Å². The van der Waals surface area contributed by atoms with E-state index in [0.717, 1.165) is 17.0 Å². The molecule has 0 unspecified atom stereocenters. The van der Waals surface area contributed by atoms with Gasteiger partial charge in [-0.2, -0.15) is 0 Å². The number of carboxylic acids is 1. The minimum absolute atomic E-state index is 0.0596. The second-order valence-corrected chi connectivity index (χ2v) is 7.61. The Hall–Kier alpha value is -2.75. The Kier molecular flexibility index (Phi) is 3.62. The largest absolute Gasteiger partial charge is 0.481 e. The third-order valence-corrected chi connectivity index (χ3v) is 5.63. The molecule has 26 heavy (non-hydrogen) atoms. The Morgan fingerprint density at radius 2 is 1.96 bits per heavy atom. The fourth-order valence-electron chi connectivity index (χ4n) is 4.22. The number of nitrogens with zero attached hydrogens (tertiary/aromatic N) is 1. The van der Waals surface area contributed by atoms with Gasteiger partial charge in [0, 0.05) is 17.8 Å². The van der Waals surface area contributed by atoms with Crippen LogP contribution in [0, 0.1) is 6.92 Å². The van der Waals surface area contributed by atoms with Gasteiger partial charge in [0.05, 0.1) is 11.8 Å². The highest BCUT2D eigenvalue weighted by Gasteiger charge is 2.58. The number of hydrogen-bond acceptors (Lipinski definition) is 3. The van der Waals surface area contributed by atoms with Crippen molar-refractivity contribution in [2.75, 3.05) is 11.4 Å². The summed E-state index contributed by atoms with van der Waals surface area (Å²) in [6, 6.07) is 14.3. The molecule has 1 atom stereocenters. The van der Waals surface area contributed by atoms with Crippen LogP contribution in [0.3, 0.4) is 0 Å². The predicted molar refractivity (Wildman–Crippen MR) is 103 cm³/mol. The number of aliphatic carboxylic acids is 1. The molecule has 0 fully saturated rings. The molecule has 4 nitrogen and oxygen atoms in total. The van der Waals surface area contributed by atoms with E-state index in [-0.39, 0.29) is 11.8 Å². The summed E-state index contributed by atoms with van der Waals surface area (Å²) >= 11 is 0. The lowest BCUT2D eigenvalue weighted by Crippen LogP contribution is -2.59. The zero-order valence-electron chi connectivity index (χ0n) is 15.3. The molecule has 0 amide bonds. The van der Waals surface area contributed by atoms with Gasteiger partial charge in [-0.25, -0.2) is 0 Å². The van der Waals surface area contributed by atoms with E-state index in [1.807, 2.05) is 24.3 Å². The molecular weight excluding hydrogens is 326 g/mol. The number of rotatable bonds is 3. The number of benzene rings is 2. The van der Waals surface area contributed by atoms with Gasteiger partial charge in [0.2, 0.25) is 5.72 Å². The first-order valence-electron chi connectivity index (χ1n) is 8.93. The molecule has 4 rings (SSSR count). The van der Waals surface area contributed by atoms with Crippen molar-refractivity contribution in [3.05, 3.63) is 65.2 Å². The molecule has 0 aromatic heterocycles. The highest BCUT2D eigenvalue weighted by molar-refractivity contribution is 5.74. The van der Waals surface area contributed by atoms with Crippen LogP contribution in [0.1, 0.15) is 37.0 Å². The Morgan fingerprint density at radius 3 is 2.73 bits per heavy atom. The van der Waals surface area contributed by atoms with Crippen LogP contribution in [0.15, 0.2) is 48.5 Å². The number of aryl methyl sites for hydroxylation is 1. The SMILES string of the molecule is Cc1ccc2c(c1)C=C[C@]1(O2)N(CCC(=O)O)c2ccccc2C1(C)C. The van der Waals surface area contributed by atoms with E-state index >= 15 is 0 Å². The topological polar surface area (TPSA) is 49.8 Å². The number of para-hydroxylation sites is 1. The van der Waals surface area contributed by atoms with Crippen molar-refractivity contribution < 1.29 is 14.6 Å². The molecule has 0 saturated carbocycles. The lowest BCUT2D eigenvalue weighted by atomic mass is 9.76. The van der Waals surface area contributed by atoms with E-state index < -0.39 is 11.7 Å². The molecule has 2 heterocycles. The number of carbonyl (C=O) groups is 1. The van der Waals surface area contributed by atoms with Crippen molar-refractivity contribution in [3.8, 4) is 5.75 Å². The number of hydrogen-bond donors (Lipinski definition) is 1. The second-order valence-electron chi connectivity index (χ2n) is 7.61. The van der Waals surface area contributed by atoms with Crippen LogP contribution in [-0.4, -0.2) is 23.3 Å². The van der Waals surface area contributed by atoms with Crippen molar-refractivity contribution in [1.82, 2.24) is 0 Å². The van der Waals surface area contributed by atoms with Crippen molar-refractivity contribution >= 4 is 17.7 Å². The van der Waals surface area contributed by atoms with Gasteiger partial charge in [-0.1, -0.05) is 29.8 Å². The van der Waals surface area contributed by atoms with Crippen LogP contribution in [0.2, 0.25) is 0 Å². The van der Waals surface area contributed by atoms with Gasteiger partial charge in [-0.15, -0.1) is 0 Å². The molecule has 2 aliphatic rings. The second kappa shape index (κ2) is 5.63. The summed E-state index contributed by atoms with van der Waals surface area (Å²) in [5.74, 6) is 0.0254. The fraction of sp³-hybridized carbons (Fsp3) is 0.318. The molecule has 4 heteroatoms. The van der Waals surface area contributed by atoms with E-state index in [1.54, 1.807) is 0 Å². The number of ether oxygens (including phenoxy) is 1. The van der Waals surface area contributed by atoms with Crippen LogP contribution in [0.4, 0.5) is 5.69 Å². The van der Waals surface area contributed by atoms with Crippen molar-refractivity contribution in [2.45, 2.75) is 38.3 Å². The Bertz CT molecular complexity index is 915. The fourth-order valence-corrected chi connectivity index (χ4v) is 4.22. The third-order valence-electron chi connectivity index (χ3n) is 5.63. The van der Waals surface area contributed by atoms with Gasteiger partial charge in [-0.3, -0.25) is 4.79 Å². The van der Waals surface area contributed by atoms with E-state index in [0.29, 0.717) is 6.54 Å². The molecule has 0 radical (unpaired) electrons. The minimum atomic E-state index is -0.807. The van der Waals surface area contributed by atoms with Gasteiger partial charge >= 0.3 is 5.97 Å². The minimum Gasteiger partial charge on any atom is -0.481 e. The normalized spacial score (nSPS) is 22.0. The molecule has 1 spiro atoms. The quantitative estimate of drug-likeness (QED) is 0.894. The molecule has 1 N–H and O–H groups in total. The summed E-state index contributed by atoms with van der Waals surface area (Å²) in [6.45, 7) is 6.78. The van der Waals surface area contributed by atoms with Crippen molar-refractivity contribution in [3.63, 3.8) is 0 Å². The van der Waals surface area contributed by atoms with E-state index in [2.05, 4.69) is 56.0 Å². The van der Waals surface area contributed by atoms with Crippen LogP contribution in [0.5, 0.6) is 5.75 Å². The Labute approximate surface area is 153 Å². The third kappa shape index (κ3) is 2.25. The van der Waals surface area contributed by atoms with Gasteiger partial charge < -0.3 is 14.7 Å². The first-order chi connectivity index (χ1) is 12.3. The molecule has 0 bridgehead atoms. The average Bonchev–Trinajstić information content (AvgIpc) is 2.78. The van der Waals surface area contributed by atoms with Crippen LogP contribution in [-0.2, 0) is 10.2 Å². The number of anilines is 1. The van der Waals surface area contributed by atoms with E-state index in [9.17, 15) is 9.90 Å². The molecular formula is C22H23NO3. The Balaban J connectivity index is 1.86. The molecule has 2 aromatic rings. The smallest absolute Gasteiger partial charge is 0.305 e. The van der Waals surface area contributed by atoms with Crippen LogP contribution in [0.25, 0.3) is 6.08 Å². The zero-order chi connectivity index (χ0) is 18.5. The molecule has 2 aromatic carbocycles. The maximum atomic E-state index is 11.3. The highest BCUT2D eigenvalue weighted by Crippen LogP contribution is 2.54. The first-order valence-corrected chi connectivity index (χ1v) is 8.93. The summed E-state index contributed by atoms with van der Waals surface area (Å²) in [7, 11) is 0. The lowest BCUT2D eigenvalue weighted by Gasteiger charge is -2.47. The number of carboxylic acid groups (broad SMARTS) is 1. The summed E-state index contributed by atoms with van der Waals surface area (Å²) in [5, 5.41) is 9.24. The summed E-state index contributed by atoms with van der Waals surface area (Å²) in [4.78, 5) is 13.4. The first kappa shape index (κ1) is 16.7. The summed E-state index contributed by atoms with van der Waals surface area (Å²) in [5.41, 5.74) is 3.38. The standard InChI is InChI=1S/C22H23NO3/c1-15-8-9-19-16(14-15)10-12-22(26-19)21(2,3)17-6-4-5-7-18(17)23(22)13-11-20(24)25/h4-10,12,14H,11,13H2,1-3H3,(H,24,25)/t22-/m1/s1. The Morgan fingerprint density at radius 1 is 1.19 bits per heavy atom. The summed E-state index contributed by atoms with van der Waals surface area (Å²) in [6.07, 6.45) is 4.26. The van der Waals surface area contributed by atoms with Crippen LogP contribution < -0.4 is 9.64 Å². The maximum absolute atomic E-state index is 11.3. The van der Waals surface area contributed by atoms with Crippen LogP contribution >= 0.6 is 0 Å². The van der Waals surface area contributed by atoms with E-state index in [4.69, 9.17) is 4.74 Å². The van der Waals surface area contributed by atoms with Gasteiger partial charge in [0.1, 0.15) is 5.75 Å². The lowest BCUT2D eigenvalue weighted by molar-refractivity contribution is -0.136. The van der Waals surface area contributed by atoms with E-state index in [1.165, 1.54) is 11.1 Å². The molecule has 0 saturated heterocycles. The number of fused-ring (bicyclic) bond motifs is 2. The maximum Gasteiger partial charge on any atom is 0.305 e. The zero-order valence-corrected chi connectivity index (χ0v) is 15.3. The highest BCUT2D eigenvalue weighted by atomic mass is 16.5. The predicted octanol–water partition coefficient (Wildman–Crippen LogP) is 4.37. The monoisotopic (exact) mass is 349 g/mol. The molecule has 0 aliphatic carbocycles.